The van der Waals surface area contributed by atoms with Crippen LogP contribution in [0.5, 0.6) is 0 Å². The Morgan fingerprint density at radius 3 is 2.63 bits per heavy atom. The lowest BCUT2D eigenvalue weighted by atomic mass is 9.85. The zero-order valence-corrected chi connectivity index (χ0v) is 11.8. The molecule has 1 saturated heterocycles. The first-order valence-electron chi connectivity index (χ1n) is 7.87. The summed E-state index contributed by atoms with van der Waals surface area (Å²) in [6.45, 7) is 2.70. The van der Waals surface area contributed by atoms with Crippen LogP contribution >= 0.6 is 0 Å². The zero-order valence-electron chi connectivity index (χ0n) is 11.8. The fraction of sp³-hybridized carbons (Fsp3) is 0.556. The molecule has 1 saturated carbocycles. The molecule has 2 aliphatic rings. The van der Waals surface area contributed by atoms with Crippen LogP contribution in [-0.2, 0) is 0 Å². The SMILES string of the molecule is C(=C\c1ccccc1)/CC1CCCN1CC1CCC1. The smallest absolute Gasteiger partial charge is 0.0130 e. The van der Waals surface area contributed by atoms with E-state index in [0.717, 1.165) is 12.0 Å². The predicted molar refractivity (Wildman–Crippen MR) is 82.0 cm³/mol. The Balaban J connectivity index is 1.49. The van der Waals surface area contributed by atoms with E-state index < -0.39 is 0 Å². The molecule has 0 bridgehead atoms. The van der Waals surface area contributed by atoms with Crippen LogP contribution in [0, 0.1) is 5.92 Å². The van der Waals surface area contributed by atoms with Gasteiger partial charge in [0.1, 0.15) is 0 Å². The van der Waals surface area contributed by atoms with Crippen molar-refractivity contribution in [3.05, 3.63) is 42.0 Å². The second kappa shape index (κ2) is 6.38. The summed E-state index contributed by atoms with van der Waals surface area (Å²) in [4.78, 5) is 2.75. The summed E-state index contributed by atoms with van der Waals surface area (Å²) in [5, 5.41) is 0. The van der Waals surface area contributed by atoms with Gasteiger partial charge >= 0.3 is 0 Å². The summed E-state index contributed by atoms with van der Waals surface area (Å²) in [6, 6.07) is 11.5. The first-order valence-corrected chi connectivity index (χ1v) is 7.87. The molecule has 1 heterocycles. The Hall–Kier alpha value is -1.08. The average Bonchev–Trinajstić information content (AvgIpc) is 2.83. The summed E-state index contributed by atoms with van der Waals surface area (Å²) in [7, 11) is 0. The fourth-order valence-corrected chi connectivity index (χ4v) is 3.33. The summed E-state index contributed by atoms with van der Waals surface area (Å²) in [5.74, 6) is 1.01. The molecule has 1 nitrogen and oxygen atoms in total. The molecule has 1 aliphatic carbocycles. The topological polar surface area (TPSA) is 3.24 Å². The second-order valence-corrected chi connectivity index (χ2v) is 6.14. The van der Waals surface area contributed by atoms with Gasteiger partial charge in [-0.2, -0.15) is 0 Å². The molecule has 2 fully saturated rings. The predicted octanol–water partition coefficient (Wildman–Crippen LogP) is 4.35. The van der Waals surface area contributed by atoms with E-state index >= 15 is 0 Å². The number of hydrogen-bond donors (Lipinski definition) is 0. The van der Waals surface area contributed by atoms with Crippen LogP contribution in [0.15, 0.2) is 36.4 Å². The van der Waals surface area contributed by atoms with Crippen molar-refractivity contribution in [1.29, 1.82) is 0 Å². The maximum atomic E-state index is 2.75. The van der Waals surface area contributed by atoms with Crippen molar-refractivity contribution >= 4 is 6.08 Å². The third-order valence-electron chi connectivity index (χ3n) is 4.73. The van der Waals surface area contributed by atoms with Crippen molar-refractivity contribution in [2.24, 2.45) is 5.92 Å². The molecule has 1 aliphatic heterocycles. The summed E-state index contributed by atoms with van der Waals surface area (Å²) < 4.78 is 0. The van der Waals surface area contributed by atoms with Crippen molar-refractivity contribution in [3.63, 3.8) is 0 Å². The molecule has 1 atom stereocenters. The van der Waals surface area contributed by atoms with Gasteiger partial charge in [0, 0.05) is 12.6 Å². The van der Waals surface area contributed by atoms with Crippen LogP contribution in [-0.4, -0.2) is 24.0 Å². The van der Waals surface area contributed by atoms with Gasteiger partial charge in [-0.15, -0.1) is 0 Å². The molecule has 0 radical (unpaired) electrons. The van der Waals surface area contributed by atoms with Crippen LogP contribution in [0.2, 0.25) is 0 Å². The third kappa shape index (κ3) is 3.48. The first kappa shape index (κ1) is 12.9. The molecule has 0 amide bonds. The second-order valence-electron chi connectivity index (χ2n) is 6.14. The largest absolute Gasteiger partial charge is 0.300 e. The van der Waals surface area contributed by atoms with Gasteiger partial charge in [0.25, 0.3) is 0 Å². The molecule has 0 N–H and O–H groups in total. The number of nitrogens with zero attached hydrogens (tertiary/aromatic N) is 1. The van der Waals surface area contributed by atoms with Gasteiger partial charge in [-0.05, 0) is 50.1 Å². The lowest BCUT2D eigenvalue weighted by Crippen LogP contribution is -2.35. The van der Waals surface area contributed by atoms with Crippen LogP contribution in [0.3, 0.4) is 0 Å². The molecule has 19 heavy (non-hydrogen) atoms. The van der Waals surface area contributed by atoms with Gasteiger partial charge in [-0.1, -0.05) is 48.9 Å². The maximum absolute atomic E-state index is 2.75. The van der Waals surface area contributed by atoms with E-state index in [2.05, 4.69) is 47.4 Å². The fourth-order valence-electron chi connectivity index (χ4n) is 3.33. The number of benzene rings is 1. The maximum Gasteiger partial charge on any atom is 0.0130 e. The van der Waals surface area contributed by atoms with Crippen molar-refractivity contribution in [2.45, 2.75) is 44.6 Å². The van der Waals surface area contributed by atoms with E-state index in [-0.39, 0.29) is 0 Å². The van der Waals surface area contributed by atoms with E-state index in [1.165, 1.54) is 57.2 Å². The third-order valence-corrected chi connectivity index (χ3v) is 4.73. The highest BCUT2D eigenvalue weighted by atomic mass is 15.2. The molecule has 102 valence electrons. The lowest BCUT2D eigenvalue weighted by Gasteiger charge is -2.33. The average molecular weight is 255 g/mol. The minimum atomic E-state index is 0.806. The van der Waals surface area contributed by atoms with Gasteiger partial charge in [0.15, 0.2) is 0 Å². The molecule has 0 aromatic heterocycles. The number of likely N-dealkylation sites (tertiary alicyclic amines) is 1. The quantitative estimate of drug-likeness (QED) is 0.756. The summed E-state index contributed by atoms with van der Waals surface area (Å²) in [6.07, 6.45) is 13.1. The van der Waals surface area contributed by atoms with E-state index in [9.17, 15) is 0 Å². The normalized spacial score (nSPS) is 24.9. The molecule has 1 aromatic carbocycles. The summed E-state index contributed by atoms with van der Waals surface area (Å²) in [5.41, 5.74) is 1.33. The zero-order chi connectivity index (χ0) is 12.9. The minimum absolute atomic E-state index is 0.806. The van der Waals surface area contributed by atoms with Gasteiger partial charge in [0.2, 0.25) is 0 Å². The van der Waals surface area contributed by atoms with E-state index in [4.69, 9.17) is 0 Å². The van der Waals surface area contributed by atoms with Gasteiger partial charge in [-0.3, -0.25) is 4.90 Å². The van der Waals surface area contributed by atoms with Crippen molar-refractivity contribution in [2.75, 3.05) is 13.1 Å². The number of rotatable bonds is 5. The minimum Gasteiger partial charge on any atom is -0.300 e. The first-order chi connectivity index (χ1) is 9.42. The Labute approximate surface area is 117 Å². The highest BCUT2D eigenvalue weighted by molar-refractivity contribution is 5.48. The molecule has 1 heteroatoms. The standard InChI is InChI=1S/C18H25N/c1-2-7-16(8-3-1)9-5-12-18-13-6-14-19(18)15-17-10-4-11-17/h1-3,5,7-9,17-18H,4,6,10-15H2/b9-5+. The van der Waals surface area contributed by atoms with E-state index in [1.54, 1.807) is 0 Å². The van der Waals surface area contributed by atoms with Crippen LogP contribution in [0.4, 0.5) is 0 Å². The monoisotopic (exact) mass is 255 g/mol. The Morgan fingerprint density at radius 2 is 1.89 bits per heavy atom. The van der Waals surface area contributed by atoms with Crippen molar-refractivity contribution in [1.82, 2.24) is 4.90 Å². The van der Waals surface area contributed by atoms with Crippen LogP contribution in [0.25, 0.3) is 6.08 Å². The molecular weight excluding hydrogens is 230 g/mol. The van der Waals surface area contributed by atoms with E-state index in [1.807, 2.05) is 0 Å². The Bertz CT molecular complexity index is 405. The van der Waals surface area contributed by atoms with Crippen molar-refractivity contribution in [3.8, 4) is 0 Å². The summed E-state index contributed by atoms with van der Waals surface area (Å²) >= 11 is 0. The van der Waals surface area contributed by atoms with Crippen LogP contribution < -0.4 is 0 Å². The lowest BCUT2D eigenvalue weighted by molar-refractivity contribution is 0.167. The highest BCUT2D eigenvalue weighted by Crippen LogP contribution is 2.30. The molecular formula is C18H25N. The highest BCUT2D eigenvalue weighted by Gasteiger charge is 2.27. The van der Waals surface area contributed by atoms with Gasteiger partial charge < -0.3 is 0 Å². The Kier molecular flexibility index (Phi) is 4.34. The van der Waals surface area contributed by atoms with E-state index in [0.29, 0.717) is 0 Å². The number of hydrogen-bond acceptors (Lipinski definition) is 1. The van der Waals surface area contributed by atoms with Gasteiger partial charge in [-0.25, -0.2) is 0 Å². The van der Waals surface area contributed by atoms with Crippen molar-refractivity contribution < 1.29 is 0 Å². The molecule has 1 aromatic rings. The molecule has 0 spiro atoms. The molecule has 3 rings (SSSR count). The van der Waals surface area contributed by atoms with Crippen LogP contribution in [0.1, 0.15) is 44.1 Å². The Morgan fingerprint density at radius 1 is 1.05 bits per heavy atom. The van der Waals surface area contributed by atoms with Gasteiger partial charge in [0.05, 0.1) is 0 Å². The molecule has 1 unspecified atom stereocenters.